The van der Waals surface area contributed by atoms with Crippen LogP contribution in [0.5, 0.6) is 5.75 Å². The van der Waals surface area contributed by atoms with Crippen molar-refractivity contribution in [3.8, 4) is 5.75 Å². The van der Waals surface area contributed by atoms with Crippen molar-refractivity contribution in [1.29, 1.82) is 0 Å². The maximum absolute atomic E-state index is 12.1. The highest BCUT2D eigenvalue weighted by Crippen LogP contribution is 2.26. The summed E-state index contributed by atoms with van der Waals surface area (Å²) < 4.78 is 29.0. The molecule has 8 heteroatoms. The Morgan fingerprint density at radius 3 is 2.35 bits per heavy atom. The Hall–Kier alpha value is -2.61. The summed E-state index contributed by atoms with van der Waals surface area (Å²) in [5, 5.41) is 10.7. The second-order valence-corrected chi connectivity index (χ2v) is 5.34. The summed E-state index contributed by atoms with van der Waals surface area (Å²) in [6, 6.07) is 10.9. The minimum atomic E-state index is -4.23. The first kappa shape index (κ1) is 13.8. The fraction of sp³-hybridized carbons (Fsp3) is 0. The van der Waals surface area contributed by atoms with E-state index in [1.54, 1.807) is 18.2 Å². The Balaban J connectivity index is 2.44. The van der Waals surface area contributed by atoms with Crippen LogP contribution in [0.25, 0.3) is 0 Å². The van der Waals surface area contributed by atoms with Gasteiger partial charge < -0.3 is 9.92 Å². The topological polar surface area (TPSA) is 113 Å². The van der Waals surface area contributed by atoms with Crippen molar-refractivity contribution >= 4 is 21.5 Å². The normalized spacial score (nSPS) is 11.0. The molecule has 20 heavy (non-hydrogen) atoms. The summed E-state index contributed by atoms with van der Waals surface area (Å²) in [4.78, 5) is 9.54. The number of benzene rings is 2. The molecule has 0 aliphatic heterocycles. The van der Waals surface area contributed by atoms with Gasteiger partial charge >= 0.3 is 10.1 Å². The maximum Gasteiger partial charge on any atom is 0.341 e. The number of hydrogen-bond donors (Lipinski definition) is 1. The van der Waals surface area contributed by atoms with Crippen LogP contribution in [0.15, 0.2) is 53.4 Å². The SMILES string of the molecule is Nc1ccc([N+](=O)[O-])cc1S(=O)(=O)Oc1ccccc1. The summed E-state index contributed by atoms with van der Waals surface area (Å²) in [6.45, 7) is 0. The largest absolute Gasteiger partial charge is 0.398 e. The quantitative estimate of drug-likeness (QED) is 0.399. The molecule has 0 fully saturated rings. The van der Waals surface area contributed by atoms with Gasteiger partial charge in [-0.25, -0.2) is 0 Å². The van der Waals surface area contributed by atoms with Crippen molar-refractivity contribution in [3.05, 3.63) is 58.6 Å². The number of nitrogens with zero attached hydrogens (tertiary/aromatic N) is 1. The number of hydrogen-bond acceptors (Lipinski definition) is 6. The van der Waals surface area contributed by atoms with Gasteiger partial charge in [0.05, 0.1) is 10.6 Å². The number of nitrogens with two attached hydrogens (primary N) is 1. The molecule has 0 radical (unpaired) electrons. The summed E-state index contributed by atoms with van der Waals surface area (Å²) >= 11 is 0. The lowest BCUT2D eigenvalue weighted by atomic mass is 10.3. The van der Waals surface area contributed by atoms with E-state index in [2.05, 4.69) is 0 Å². The first-order valence-corrected chi connectivity index (χ1v) is 6.84. The smallest absolute Gasteiger partial charge is 0.341 e. The summed E-state index contributed by atoms with van der Waals surface area (Å²) in [5.74, 6) is 0.0957. The van der Waals surface area contributed by atoms with Gasteiger partial charge in [-0.3, -0.25) is 10.1 Å². The van der Waals surface area contributed by atoms with Gasteiger partial charge in [-0.1, -0.05) is 18.2 Å². The van der Waals surface area contributed by atoms with Crippen molar-refractivity contribution in [2.24, 2.45) is 0 Å². The average molecular weight is 294 g/mol. The molecule has 0 aliphatic rings. The molecule has 7 nitrogen and oxygen atoms in total. The highest BCUT2D eigenvalue weighted by Gasteiger charge is 2.23. The Morgan fingerprint density at radius 1 is 1.10 bits per heavy atom. The summed E-state index contributed by atoms with van der Waals surface area (Å²) in [7, 11) is -4.23. The molecule has 0 atom stereocenters. The lowest BCUT2D eigenvalue weighted by Gasteiger charge is -2.08. The number of anilines is 1. The van der Waals surface area contributed by atoms with Crippen molar-refractivity contribution < 1.29 is 17.5 Å². The van der Waals surface area contributed by atoms with Gasteiger partial charge in [0, 0.05) is 12.1 Å². The van der Waals surface area contributed by atoms with Crippen molar-refractivity contribution in [2.75, 3.05) is 5.73 Å². The van der Waals surface area contributed by atoms with Crippen LogP contribution < -0.4 is 9.92 Å². The highest BCUT2D eigenvalue weighted by molar-refractivity contribution is 7.87. The van der Waals surface area contributed by atoms with E-state index in [0.29, 0.717) is 0 Å². The monoisotopic (exact) mass is 294 g/mol. The highest BCUT2D eigenvalue weighted by atomic mass is 32.2. The van der Waals surface area contributed by atoms with Crippen LogP contribution in [0.1, 0.15) is 0 Å². The van der Waals surface area contributed by atoms with E-state index < -0.39 is 19.9 Å². The Kier molecular flexibility index (Phi) is 3.57. The first-order valence-electron chi connectivity index (χ1n) is 5.43. The van der Waals surface area contributed by atoms with Gasteiger partial charge in [-0.05, 0) is 18.2 Å². The Morgan fingerprint density at radius 2 is 1.75 bits per heavy atom. The third kappa shape index (κ3) is 2.86. The van der Waals surface area contributed by atoms with E-state index in [9.17, 15) is 18.5 Å². The zero-order valence-corrected chi connectivity index (χ0v) is 10.9. The molecular formula is C12H10N2O5S. The third-order valence-corrected chi connectivity index (χ3v) is 3.73. The Labute approximate surface area is 114 Å². The molecule has 2 N–H and O–H groups in total. The molecular weight excluding hydrogens is 284 g/mol. The third-order valence-electron chi connectivity index (χ3n) is 2.43. The second kappa shape index (κ2) is 5.17. The minimum absolute atomic E-state index is 0.0957. The molecule has 2 aromatic rings. The molecule has 0 bridgehead atoms. The summed E-state index contributed by atoms with van der Waals surface area (Å²) in [5.41, 5.74) is 5.05. The van der Waals surface area contributed by atoms with Crippen molar-refractivity contribution in [3.63, 3.8) is 0 Å². The van der Waals surface area contributed by atoms with Crippen LogP contribution in [0.4, 0.5) is 11.4 Å². The molecule has 0 aliphatic carbocycles. The van der Waals surface area contributed by atoms with Crippen molar-refractivity contribution in [2.45, 2.75) is 4.90 Å². The molecule has 0 unspecified atom stereocenters. The van der Waals surface area contributed by atoms with Crippen LogP contribution in [-0.4, -0.2) is 13.3 Å². The van der Waals surface area contributed by atoms with Crippen LogP contribution in [-0.2, 0) is 10.1 Å². The fourth-order valence-electron chi connectivity index (χ4n) is 1.50. The van der Waals surface area contributed by atoms with Gasteiger partial charge in [0.25, 0.3) is 5.69 Å². The zero-order chi connectivity index (χ0) is 14.8. The lowest BCUT2D eigenvalue weighted by molar-refractivity contribution is -0.385. The van der Waals surface area contributed by atoms with Gasteiger partial charge in [0.2, 0.25) is 0 Å². The Bertz CT molecular complexity index is 744. The van der Waals surface area contributed by atoms with Gasteiger partial charge in [0.1, 0.15) is 10.6 Å². The number of nitrogen functional groups attached to an aromatic ring is 1. The molecule has 2 aromatic carbocycles. The second-order valence-electron chi connectivity index (χ2n) is 3.83. The molecule has 0 saturated carbocycles. The number of nitro benzene ring substituents is 1. The predicted octanol–water partition coefficient (Wildman–Crippen LogP) is 1.94. The fourth-order valence-corrected chi connectivity index (χ4v) is 2.58. The zero-order valence-electron chi connectivity index (χ0n) is 10.1. The molecule has 0 amide bonds. The van der Waals surface area contributed by atoms with E-state index in [0.717, 1.165) is 18.2 Å². The van der Waals surface area contributed by atoms with Crippen LogP contribution in [0.2, 0.25) is 0 Å². The standard InChI is InChI=1S/C12H10N2O5S/c13-11-7-6-9(14(15)16)8-12(11)20(17,18)19-10-4-2-1-3-5-10/h1-8H,13H2. The lowest BCUT2D eigenvalue weighted by Crippen LogP contribution is -2.12. The van der Waals surface area contributed by atoms with Gasteiger partial charge in [-0.15, -0.1) is 0 Å². The minimum Gasteiger partial charge on any atom is -0.398 e. The van der Waals surface area contributed by atoms with Crippen LogP contribution in [0.3, 0.4) is 0 Å². The number of para-hydroxylation sites is 1. The number of nitro groups is 1. The molecule has 104 valence electrons. The van der Waals surface area contributed by atoms with E-state index >= 15 is 0 Å². The molecule has 2 rings (SSSR count). The number of rotatable bonds is 4. The van der Waals surface area contributed by atoms with E-state index in [1.807, 2.05) is 0 Å². The molecule has 0 saturated heterocycles. The van der Waals surface area contributed by atoms with Gasteiger partial charge in [-0.2, -0.15) is 8.42 Å². The van der Waals surface area contributed by atoms with E-state index in [-0.39, 0.29) is 17.1 Å². The molecule has 0 spiro atoms. The van der Waals surface area contributed by atoms with Crippen molar-refractivity contribution in [1.82, 2.24) is 0 Å². The van der Waals surface area contributed by atoms with Crippen LogP contribution in [0, 0.1) is 10.1 Å². The maximum atomic E-state index is 12.1. The van der Waals surface area contributed by atoms with Crippen LogP contribution >= 0.6 is 0 Å². The average Bonchev–Trinajstić information content (AvgIpc) is 2.39. The number of non-ortho nitro benzene ring substituents is 1. The van der Waals surface area contributed by atoms with E-state index in [4.69, 9.17) is 9.92 Å². The summed E-state index contributed by atoms with van der Waals surface area (Å²) in [6.07, 6.45) is 0. The van der Waals surface area contributed by atoms with Gasteiger partial charge in [0.15, 0.2) is 0 Å². The first-order chi connectivity index (χ1) is 9.40. The predicted molar refractivity (Wildman–Crippen MR) is 71.8 cm³/mol. The molecule has 0 aromatic heterocycles. The van der Waals surface area contributed by atoms with E-state index in [1.165, 1.54) is 12.1 Å². The molecule has 0 heterocycles.